The first-order valence-corrected chi connectivity index (χ1v) is 3.36. The monoisotopic (exact) mass is 147 g/mol. The van der Waals surface area contributed by atoms with Gasteiger partial charge >= 0.3 is 0 Å². The van der Waals surface area contributed by atoms with Crippen LogP contribution in [0.4, 0.5) is 0 Å². The Morgan fingerprint density at radius 1 is 1.10 bits per heavy atom. The quantitative estimate of drug-likeness (QED) is 0.555. The summed E-state index contributed by atoms with van der Waals surface area (Å²) in [7, 11) is 7.43. The average molecular weight is 147 g/mol. The molecule has 0 spiro atoms. The van der Waals surface area contributed by atoms with Crippen molar-refractivity contribution < 1.29 is 9.47 Å². The first-order valence-electron chi connectivity index (χ1n) is 3.36. The average Bonchev–Trinajstić information content (AvgIpc) is 1.87. The fourth-order valence-electron chi connectivity index (χ4n) is 0.731. The van der Waals surface area contributed by atoms with E-state index in [4.69, 9.17) is 9.47 Å². The minimum absolute atomic E-state index is 0.370. The van der Waals surface area contributed by atoms with Crippen LogP contribution in [-0.4, -0.2) is 52.5 Å². The lowest BCUT2D eigenvalue weighted by Gasteiger charge is -2.22. The van der Waals surface area contributed by atoms with E-state index >= 15 is 0 Å². The van der Waals surface area contributed by atoms with Gasteiger partial charge in [-0.2, -0.15) is 0 Å². The van der Waals surface area contributed by atoms with E-state index in [1.165, 1.54) is 0 Å². The molecule has 0 bridgehead atoms. The minimum atomic E-state index is 0.370. The molecule has 0 N–H and O–H groups in total. The molecule has 0 aliphatic carbocycles. The van der Waals surface area contributed by atoms with Crippen LogP contribution in [0.15, 0.2) is 0 Å². The molecule has 0 aromatic carbocycles. The highest BCUT2D eigenvalue weighted by atomic mass is 16.5. The summed E-state index contributed by atoms with van der Waals surface area (Å²) in [5.74, 6) is 0. The molecular formula is C7H17NO2. The summed E-state index contributed by atoms with van der Waals surface area (Å²) in [5.41, 5.74) is 0. The number of nitrogens with zero attached hydrogens (tertiary/aromatic N) is 1. The van der Waals surface area contributed by atoms with Crippen molar-refractivity contribution in [3.63, 3.8) is 0 Å². The maximum absolute atomic E-state index is 5.00. The summed E-state index contributed by atoms with van der Waals surface area (Å²) < 4.78 is 9.99. The molecule has 3 heteroatoms. The Bertz CT molecular complexity index is 70.0. The fourth-order valence-corrected chi connectivity index (χ4v) is 0.731. The molecule has 0 aliphatic rings. The van der Waals surface area contributed by atoms with Gasteiger partial charge < -0.3 is 14.4 Å². The molecule has 62 valence electrons. The van der Waals surface area contributed by atoms with Crippen LogP contribution in [0.25, 0.3) is 0 Å². The van der Waals surface area contributed by atoms with Crippen molar-refractivity contribution in [3.05, 3.63) is 0 Å². The third kappa shape index (κ3) is 3.82. The van der Waals surface area contributed by atoms with Crippen LogP contribution < -0.4 is 0 Å². The van der Waals surface area contributed by atoms with Gasteiger partial charge in [0.25, 0.3) is 0 Å². The van der Waals surface area contributed by atoms with Gasteiger partial charge in [0.2, 0.25) is 0 Å². The molecule has 0 radical (unpaired) electrons. The molecule has 0 atom stereocenters. The highest BCUT2D eigenvalue weighted by Crippen LogP contribution is 1.93. The molecule has 0 amide bonds. The third-order valence-electron chi connectivity index (χ3n) is 1.45. The summed E-state index contributed by atoms with van der Waals surface area (Å²) in [5, 5.41) is 0. The smallest absolute Gasteiger partial charge is 0.0640 e. The van der Waals surface area contributed by atoms with E-state index in [-0.39, 0.29) is 0 Å². The van der Waals surface area contributed by atoms with Crippen molar-refractivity contribution in [2.24, 2.45) is 0 Å². The van der Waals surface area contributed by atoms with Crippen molar-refractivity contribution in [3.8, 4) is 0 Å². The Morgan fingerprint density at radius 3 is 1.70 bits per heavy atom. The normalized spacial score (nSPS) is 11.4. The Kier molecular flexibility index (Phi) is 5.58. The first kappa shape index (κ1) is 9.88. The highest BCUT2D eigenvalue weighted by molar-refractivity contribution is 4.62. The van der Waals surface area contributed by atoms with Crippen molar-refractivity contribution in [1.29, 1.82) is 0 Å². The Balaban J connectivity index is 3.50. The number of rotatable bonds is 5. The first-order chi connectivity index (χ1) is 4.72. The lowest BCUT2D eigenvalue weighted by Crippen LogP contribution is -2.35. The van der Waals surface area contributed by atoms with Crippen LogP contribution >= 0.6 is 0 Å². The second-order valence-electron chi connectivity index (χ2n) is 2.53. The van der Waals surface area contributed by atoms with E-state index < -0.39 is 0 Å². The Morgan fingerprint density at radius 2 is 1.50 bits per heavy atom. The number of hydrogen-bond acceptors (Lipinski definition) is 3. The second kappa shape index (κ2) is 5.65. The predicted molar refractivity (Wildman–Crippen MR) is 41.2 cm³/mol. The van der Waals surface area contributed by atoms with Gasteiger partial charge in [-0.05, 0) is 14.1 Å². The molecule has 0 aromatic rings. The Labute approximate surface area is 62.9 Å². The van der Waals surface area contributed by atoms with Gasteiger partial charge in [-0.1, -0.05) is 0 Å². The van der Waals surface area contributed by atoms with E-state index in [1.54, 1.807) is 14.2 Å². The van der Waals surface area contributed by atoms with E-state index in [1.807, 2.05) is 14.1 Å². The van der Waals surface area contributed by atoms with Crippen LogP contribution in [-0.2, 0) is 9.47 Å². The molecule has 0 saturated carbocycles. The lowest BCUT2D eigenvalue weighted by atomic mass is 10.3. The maximum Gasteiger partial charge on any atom is 0.0640 e. The van der Waals surface area contributed by atoms with E-state index in [0.717, 1.165) is 13.2 Å². The zero-order valence-corrected chi connectivity index (χ0v) is 7.26. The van der Waals surface area contributed by atoms with Crippen LogP contribution in [0.5, 0.6) is 0 Å². The zero-order valence-electron chi connectivity index (χ0n) is 7.26. The SMILES string of the molecule is COCC(COC)N(C)C. The second-order valence-corrected chi connectivity index (χ2v) is 2.53. The molecule has 0 aliphatic heterocycles. The van der Waals surface area contributed by atoms with Gasteiger partial charge in [0.05, 0.1) is 19.3 Å². The molecule has 0 unspecified atom stereocenters. The minimum Gasteiger partial charge on any atom is -0.383 e. The molecule has 0 aromatic heterocycles. The van der Waals surface area contributed by atoms with Crippen molar-refractivity contribution in [2.45, 2.75) is 6.04 Å². The van der Waals surface area contributed by atoms with Crippen LogP contribution in [0.2, 0.25) is 0 Å². The van der Waals surface area contributed by atoms with Gasteiger partial charge in [-0.25, -0.2) is 0 Å². The molecule has 10 heavy (non-hydrogen) atoms. The molecule has 0 saturated heterocycles. The van der Waals surface area contributed by atoms with Crippen molar-refractivity contribution in [1.82, 2.24) is 4.90 Å². The lowest BCUT2D eigenvalue weighted by molar-refractivity contribution is 0.0591. The van der Waals surface area contributed by atoms with Gasteiger partial charge in [0.1, 0.15) is 0 Å². The van der Waals surface area contributed by atoms with Crippen LogP contribution in [0.1, 0.15) is 0 Å². The number of ether oxygens (including phenoxy) is 2. The highest BCUT2D eigenvalue weighted by Gasteiger charge is 2.09. The third-order valence-corrected chi connectivity index (χ3v) is 1.45. The molecule has 0 fully saturated rings. The van der Waals surface area contributed by atoms with Gasteiger partial charge in [0.15, 0.2) is 0 Å². The number of methoxy groups -OCH3 is 2. The largest absolute Gasteiger partial charge is 0.383 e. The fraction of sp³-hybridized carbons (Fsp3) is 1.00. The van der Waals surface area contributed by atoms with Crippen molar-refractivity contribution >= 4 is 0 Å². The topological polar surface area (TPSA) is 21.7 Å². The summed E-state index contributed by atoms with van der Waals surface area (Å²) >= 11 is 0. The van der Waals surface area contributed by atoms with Crippen LogP contribution in [0.3, 0.4) is 0 Å². The summed E-state index contributed by atoms with van der Waals surface area (Å²) in [4.78, 5) is 2.09. The molecular weight excluding hydrogens is 130 g/mol. The van der Waals surface area contributed by atoms with Crippen LogP contribution in [0, 0.1) is 0 Å². The summed E-state index contributed by atoms with van der Waals surface area (Å²) in [6.07, 6.45) is 0. The van der Waals surface area contributed by atoms with E-state index in [0.29, 0.717) is 6.04 Å². The number of hydrogen-bond donors (Lipinski definition) is 0. The molecule has 0 heterocycles. The van der Waals surface area contributed by atoms with Gasteiger partial charge in [-0.3, -0.25) is 0 Å². The maximum atomic E-state index is 5.00. The predicted octanol–water partition coefficient (Wildman–Crippen LogP) is 0.209. The Hall–Kier alpha value is -0.120. The number of likely N-dealkylation sites (N-methyl/N-ethyl adjacent to an activating group) is 1. The van der Waals surface area contributed by atoms with Gasteiger partial charge in [-0.15, -0.1) is 0 Å². The van der Waals surface area contributed by atoms with E-state index in [9.17, 15) is 0 Å². The summed E-state index contributed by atoms with van der Waals surface area (Å²) in [6, 6.07) is 0.370. The standard InChI is InChI=1S/C7H17NO2/c1-8(2)7(5-9-3)6-10-4/h7H,5-6H2,1-4H3. The van der Waals surface area contributed by atoms with Gasteiger partial charge in [0, 0.05) is 14.2 Å². The summed E-state index contributed by atoms with van der Waals surface area (Å²) in [6.45, 7) is 1.45. The molecule has 3 nitrogen and oxygen atoms in total. The van der Waals surface area contributed by atoms with E-state index in [2.05, 4.69) is 4.90 Å². The zero-order chi connectivity index (χ0) is 7.98. The van der Waals surface area contributed by atoms with Crippen molar-refractivity contribution in [2.75, 3.05) is 41.5 Å². The molecule has 0 rings (SSSR count).